The average molecular weight is 399 g/mol. The Hall–Kier alpha value is -2.10. The van der Waals surface area contributed by atoms with E-state index in [1.54, 1.807) is 0 Å². The Morgan fingerprint density at radius 1 is 1.04 bits per heavy atom. The number of nitrogens with zero attached hydrogens (tertiary/aromatic N) is 1. The molecule has 4 rings (SSSR count). The first-order valence-corrected chi connectivity index (χ1v) is 10.0. The summed E-state index contributed by atoms with van der Waals surface area (Å²) < 4.78 is 0. The maximum atomic E-state index is 12.5. The van der Waals surface area contributed by atoms with E-state index in [4.69, 9.17) is 28.2 Å². The van der Waals surface area contributed by atoms with Gasteiger partial charge >= 0.3 is 0 Å². The Morgan fingerprint density at radius 3 is 2.63 bits per heavy atom. The summed E-state index contributed by atoms with van der Waals surface area (Å²) >= 11 is 12.5. The molecule has 0 spiro atoms. The van der Waals surface area contributed by atoms with E-state index in [1.165, 1.54) is 5.56 Å². The molecule has 0 saturated carbocycles. The number of aryl methyl sites for hydroxylation is 1. The van der Waals surface area contributed by atoms with Gasteiger partial charge in [0.25, 0.3) is 5.91 Å². The Balaban J connectivity index is 1.49. The van der Waals surface area contributed by atoms with Gasteiger partial charge < -0.3 is 5.32 Å². The molecule has 3 aromatic rings. The average Bonchev–Trinajstić information content (AvgIpc) is 2.69. The first kappa shape index (κ1) is 18.3. The molecule has 0 atom stereocenters. The Labute approximate surface area is 168 Å². The predicted octanol–water partition coefficient (Wildman–Crippen LogP) is 5.39. The van der Waals surface area contributed by atoms with Gasteiger partial charge in [-0.15, -0.1) is 0 Å². The molecule has 1 N–H and O–H groups in total. The Bertz CT molecular complexity index is 999. The maximum Gasteiger partial charge on any atom is 0.251 e. The van der Waals surface area contributed by atoms with Crippen LogP contribution in [-0.2, 0) is 19.3 Å². The molecule has 0 fully saturated rings. The van der Waals surface area contributed by atoms with Crippen LogP contribution in [0, 0.1) is 0 Å². The van der Waals surface area contributed by atoms with E-state index in [-0.39, 0.29) is 5.91 Å². The number of carbonyl (C=O) groups excluding carboxylic acids is 1. The molecule has 0 radical (unpaired) electrons. The lowest BCUT2D eigenvalue weighted by atomic mass is 9.94. The highest BCUT2D eigenvalue weighted by Gasteiger charge is 2.18. The van der Waals surface area contributed by atoms with E-state index in [9.17, 15) is 4.79 Å². The van der Waals surface area contributed by atoms with Crippen LogP contribution in [0.3, 0.4) is 0 Å². The van der Waals surface area contributed by atoms with E-state index >= 15 is 0 Å². The number of aromatic nitrogens is 1. The molecule has 27 heavy (non-hydrogen) atoms. The summed E-state index contributed by atoms with van der Waals surface area (Å²) in [7, 11) is 0. The Morgan fingerprint density at radius 2 is 1.81 bits per heavy atom. The molecule has 3 nitrogen and oxygen atoms in total. The van der Waals surface area contributed by atoms with Crippen LogP contribution in [-0.4, -0.2) is 17.4 Å². The van der Waals surface area contributed by atoms with Crippen LogP contribution in [0.15, 0.2) is 42.5 Å². The molecule has 138 valence electrons. The van der Waals surface area contributed by atoms with Gasteiger partial charge in [0.2, 0.25) is 0 Å². The molecule has 1 aliphatic carbocycles. The van der Waals surface area contributed by atoms with Crippen LogP contribution in [0.1, 0.15) is 40.0 Å². The van der Waals surface area contributed by atoms with Crippen LogP contribution in [0.5, 0.6) is 0 Å². The maximum absolute atomic E-state index is 12.5. The SMILES string of the molecule is O=C(NCCc1ccc(Cl)cc1)c1ccc2c(Cl)c3c(nc2c1)CCCC3. The second-order valence-electron chi connectivity index (χ2n) is 6.92. The second kappa shape index (κ2) is 7.87. The van der Waals surface area contributed by atoms with E-state index in [0.29, 0.717) is 17.1 Å². The normalized spacial score (nSPS) is 13.4. The molecular weight excluding hydrogens is 379 g/mol. The summed E-state index contributed by atoms with van der Waals surface area (Å²) in [6.45, 7) is 0.566. The fourth-order valence-corrected chi connectivity index (χ4v) is 4.07. The first-order chi connectivity index (χ1) is 13.1. The number of halogens is 2. The summed E-state index contributed by atoms with van der Waals surface area (Å²) in [5.41, 5.74) is 4.80. The van der Waals surface area contributed by atoms with Gasteiger partial charge in [0, 0.05) is 28.2 Å². The van der Waals surface area contributed by atoms with Gasteiger partial charge in [0.15, 0.2) is 0 Å². The standard InChI is InChI=1S/C22H20Cl2N2O/c23-16-8-5-14(6-9-16)11-12-25-22(27)15-7-10-18-20(13-15)26-19-4-2-1-3-17(19)21(18)24/h5-10,13H,1-4,11-12H2,(H,25,27). The molecule has 0 bridgehead atoms. The largest absolute Gasteiger partial charge is 0.352 e. The highest BCUT2D eigenvalue weighted by Crippen LogP contribution is 2.33. The third kappa shape index (κ3) is 3.95. The lowest BCUT2D eigenvalue weighted by molar-refractivity contribution is 0.0954. The highest BCUT2D eigenvalue weighted by molar-refractivity contribution is 6.36. The van der Waals surface area contributed by atoms with E-state index in [0.717, 1.165) is 59.3 Å². The molecular formula is C22H20Cl2N2O. The minimum Gasteiger partial charge on any atom is -0.352 e. The van der Waals surface area contributed by atoms with E-state index < -0.39 is 0 Å². The topological polar surface area (TPSA) is 42.0 Å². The lowest BCUT2D eigenvalue weighted by Gasteiger charge is -2.18. The molecule has 0 aliphatic heterocycles. The number of fused-ring (bicyclic) bond motifs is 2. The predicted molar refractivity (Wildman–Crippen MR) is 111 cm³/mol. The van der Waals surface area contributed by atoms with Gasteiger partial charge in [-0.3, -0.25) is 9.78 Å². The zero-order valence-corrected chi connectivity index (χ0v) is 16.4. The van der Waals surface area contributed by atoms with Crippen molar-refractivity contribution in [3.05, 3.63) is 74.9 Å². The van der Waals surface area contributed by atoms with Crippen molar-refractivity contribution < 1.29 is 4.79 Å². The lowest BCUT2D eigenvalue weighted by Crippen LogP contribution is -2.25. The minimum atomic E-state index is -0.0958. The quantitative estimate of drug-likeness (QED) is 0.639. The van der Waals surface area contributed by atoms with Crippen LogP contribution in [0.4, 0.5) is 0 Å². The Kier molecular flexibility index (Phi) is 5.33. The number of nitrogens with one attached hydrogen (secondary N) is 1. The zero-order chi connectivity index (χ0) is 18.8. The summed E-state index contributed by atoms with van der Waals surface area (Å²) in [5.74, 6) is -0.0958. The third-order valence-electron chi connectivity index (χ3n) is 5.07. The van der Waals surface area contributed by atoms with E-state index in [2.05, 4.69) is 5.32 Å². The van der Waals surface area contributed by atoms with Gasteiger partial charge in [0.1, 0.15) is 0 Å². The van der Waals surface area contributed by atoms with Gasteiger partial charge in [-0.1, -0.05) is 41.4 Å². The van der Waals surface area contributed by atoms with Crippen LogP contribution in [0.2, 0.25) is 10.0 Å². The van der Waals surface area contributed by atoms with E-state index in [1.807, 2.05) is 42.5 Å². The molecule has 5 heteroatoms. The van der Waals surface area contributed by atoms with Gasteiger partial charge in [-0.25, -0.2) is 0 Å². The highest BCUT2D eigenvalue weighted by atomic mass is 35.5. The van der Waals surface area contributed by atoms with Crippen molar-refractivity contribution in [3.63, 3.8) is 0 Å². The number of amides is 1. The van der Waals surface area contributed by atoms with Crippen LogP contribution < -0.4 is 5.32 Å². The molecule has 2 aromatic carbocycles. The van der Waals surface area contributed by atoms with Gasteiger partial charge in [-0.05, 0) is 67.5 Å². The summed E-state index contributed by atoms with van der Waals surface area (Å²) in [6, 6.07) is 13.2. The van der Waals surface area contributed by atoms with Crippen molar-refractivity contribution in [2.45, 2.75) is 32.1 Å². The number of carbonyl (C=O) groups is 1. The molecule has 0 saturated heterocycles. The number of benzene rings is 2. The second-order valence-corrected chi connectivity index (χ2v) is 7.74. The van der Waals surface area contributed by atoms with Crippen molar-refractivity contribution in [3.8, 4) is 0 Å². The monoisotopic (exact) mass is 398 g/mol. The van der Waals surface area contributed by atoms with Crippen LogP contribution in [0.25, 0.3) is 10.9 Å². The molecule has 0 unspecified atom stereocenters. The minimum absolute atomic E-state index is 0.0958. The molecule has 1 amide bonds. The van der Waals surface area contributed by atoms with Crippen molar-refractivity contribution in [2.75, 3.05) is 6.54 Å². The van der Waals surface area contributed by atoms with Gasteiger partial charge in [0.05, 0.1) is 10.5 Å². The van der Waals surface area contributed by atoms with Crippen molar-refractivity contribution in [1.82, 2.24) is 10.3 Å². The van der Waals surface area contributed by atoms with Crippen molar-refractivity contribution in [2.24, 2.45) is 0 Å². The van der Waals surface area contributed by atoms with Crippen molar-refractivity contribution in [1.29, 1.82) is 0 Å². The van der Waals surface area contributed by atoms with Crippen molar-refractivity contribution >= 4 is 40.0 Å². The number of pyridine rings is 1. The smallest absolute Gasteiger partial charge is 0.251 e. The van der Waals surface area contributed by atoms with Gasteiger partial charge in [-0.2, -0.15) is 0 Å². The number of hydrogen-bond acceptors (Lipinski definition) is 2. The molecule has 1 aliphatic rings. The fraction of sp³-hybridized carbons (Fsp3) is 0.273. The van der Waals surface area contributed by atoms with Crippen LogP contribution >= 0.6 is 23.2 Å². The summed E-state index contributed by atoms with van der Waals surface area (Å²) in [4.78, 5) is 17.3. The number of rotatable bonds is 4. The molecule has 1 heterocycles. The third-order valence-corrected chi connectivity index (χ3v) is 5.75. The first-order valence-electron chi connectivity index (χ1n) is 9.25. The molecule has 1 aromatic heterocycles. The number of hydrogen-bond donors (Lipinski definition) is 1. The fourth-order valence-electron chi connectivity index (χ4n) is 3.58. The zero-order valence-electron chi connectivity index (χ0n) is 14.9. The summed E-state index contributed by atoms with van der Waals surface area (Å²) in [6.07, 6.45) is 5.02. The summed E-state index contributed by atoms with van der Waals surface area (Å²) in [5, 5.41) is 5.41.